The molecule has 18 heavy (non-hydrogen) atoms. The Hall–Kier alpha value is -1.30. The van der Waals surface area contributed by atoms with Gasteiger partial charge in [-0.2, -0.15) is 0 Å². The van der Waals surface area contributed by atoms with Crippen LogP contribution in [0.4, 0.5) is 0 Å². The molecule has 94 valence electrons. The maximum atomic E-state index is 2.49. The highest BCUT2D eigenvalue weighted by Gasteiger charge is 2.17. The van der Waals surface area contributed by atoms with Crippen molar-refractivity contribution in [3.05, 3.63) is 58.7 Å². The van der Waals surface area contributed by atoms with Gasteiger partial charge in [0.25, 0.3) is 0 Å². The molecule has 0 radical (unpaired) electrons. The van der Waals surface area contributed by atoms with Crippen molar-refractivity contribution >= 4 is 0 Å². The molecule has 0 saturated heterocycles. The molecule has 5 aliphatic carbocycles. The molecule has 0 aromatic heterocycles. The van der Waals surface area contributed by atoms with Gasteiger partial charge in [0.05, 0.1) is 0 Å². The average Bonchev–Trinajstić information content (AvgIpc) is 2.34. The third-order valence-electron chi connectivity index (χ3n) is 4.57. The van der Waals surface area contributed by atoms with Crippen LogP contribution in [0.2, 0.25) is 0 Å². The van der Waals surface area contributed by atoms with Crippen molar-refractivity contribution in [3.63, 3.8) is 0 Å². The Labute approximate surface area is 110 Å². The number of allylic oxidation sites excluding steroid dienone is 4. The summed E-state index contributed by atoms with van der Waals surface area (Å²) in [7, 11) is 0. The number of hydrogen-bond donors (Lipinski definition) is 0. The minimum atomic E-state index is 0.711. The number of hydrogen-bond acceptors (Lipinski definition) is 0. The van der Waals surface area contributed by atoms with Crippen LogP contribution < -0.4 is 0 Å². The number of aryl methyl sites for hydroxylation is 3. The van der Waals surface area contributed by atoms with Crippen LogP contribution in [-0.4, -0.2) is 0 Å². The van der Waals surface area contributed by atoms with Gasteiger partial charge in [0.2, 0.25) is 0 Å². The van der Waals surface area contributed by atoms with E-state index in [2.05, 4.69) is 50.3 Å². The first-order valence-corrected chi connectivity index (χ1v) is 7.19. The Bertz CT molecular complexity index is 505. The van der Waals surface area contributed by atoms with E-state index in [0.29, 0.717) is 5.92 Å². The summed E-state index contributed by atoms with van der Waals surface area (Å²) in [5, 5.41) is 0. The van der Waals surface area contributed by atoms with Gasteiger partial charge >= 0.3 is 0 Å². The van der Waals surface area contributed by atoms with Gasteiger partial charge in [0, 0.05) is 0 Å². The van der Waals surface area contributed by atoms with E-state index in [0.717, 1.165) is 5.92 Å². The third-order valence-corrected chi connectivity index (χ3v) is 4.57. The summed E-state index contributed by atoms with van der Waals surface area (Å²) >= 11 is 0. The maximum Gasteiger partial charge on any atom is -0.0167 e. The van der Waals surface area contributed by atoms with Gasteiger partial charge < -0.3 is 0 Å². The topological polar surface area (TPSA) is 0 Å². The molecule has 0 spiro atoms. The molecule has 2 unspecified atom stereocenters. The van der Waals surface area contributed by atoms with Gasteiger partial charge in [0.1, 0.15) is 0 Å². The van der Waals surface area contributed by atoms with E-state index in [-0.39, 0.29) is 0 Å². The summed E-state index contributed by atoms with van der Waals surface area (Å²) < 4.78 is 0. The summed E-state index contributed by atoms with van der Waals surface area (Å²) in [6.07, 6.45) is 12.2. The lowest BCUT2D eigenvalue weighted by molar-refractivity contribution is 0.467. The van der Waals surface area contributed by atoms with Crippen molar-refractivity contribution in [2.24, 2.45) is 11.8 Å². The lowest BCUT2D eigenvalue weighted by atomic mass is 9.81. The van der Waals surface area contributed by atoms with Gasteiger partial charge in [-0.15, -0.1) is 0 Å². The van der Waals surface area contributed by atoms with Crippen molar-refractivity contribution < 1.29 is 0 Å². The Kier molecular flexibility index (Phi) is 3.11. The van der Waals surface area contributed by atoms with Crippen LogP contribution in [0.25, 0.3) is 0 Å². The zero-order valence-corrected chi connectivity index (χ0v) is 11.4. The van der Waals surface area contributed by atoms with Crippen LogP contribution in [0.5, 0.6) is 0 Å². The first kappa shape index (κ1) is 11.8. The van der Waals surface area contributed by atoms with Crippen LogP contribution in [0.15, 0.2) is 42.0 Å². The fraction of sp³-hybridized carbons (Fsp3) is 0.444. The molecule has 0 fully saturated rings. The Morgan fingerprint density at radius 3 is 2.78 bits per heavy atom. The van der Waals surface area contributed by atoms with E-state index >= 15 is 0 Å². The predicted octanol–water partition coefficient (Wildman–Crippen LogP) is 4.62. The highest BCUT2D eigenvalue weighted by atomic mass is 14.2. The molecular formula is C18H22. The van der Waals surface area contributed by atoms with E-state index in [4.69, 9.17) is 0 Å². The third kappa shape index (κ3) is 2.29. The first-order valence-electron chi connectivity index (χ1n) is 7.19. The molecule has 0 N–H and O–H groups in total. The second-order valence-electron chi connectivity index (χ2n) is 5.92. The largest absolute Gasteiger partial charge is 0.0806 e. The van der Waals surface area contributed by atoms with E-state index < -0.39 is 0 Å². The fourth-order valence-electron chi connectivity index (χ4n) is 3.27. The lowest BCUT2D eigenvalue weighted by Crippen LogP contribution is -2.13. The summed E-state index contributed by atoms with van der Waals surface area (Å²) in [6.45, 7) is 4.63. The van der Waals surface area contributed by atoms with Gasteiger partial charge in [-0.1, -0.05) is 48.9 Å². The van der Waals surface area contributed by atoms with E-state index in [9.17, 15) is 0 Å². The lowest BCUT2D eigenvalue weighted by Gasteiger charge is -2.24. The minimum absolute atomic E-state index is 0.711. The van der Waals surface area contributed by atoms with Gasteiger partial charge in [0.15, 0.2) is 0 Å². The van der Waals surface area contributed by atoms with Crippen LogP contribution in [0.3, 0.4) is 0 Å². The van der Waals surface area contributed by atoms with E-state index in [1.54, 1.807) is 0 Å². The number of benzene rings is 1. The molecule has 0 heteroatoms. The number of rotatable bonds is 0. The molecule has 0 saturated carbocycles. The molecule has 1 aromatic rings. The van der Waals surface area contributed by atoms with Crippen molar-refractivity contribution in [3.8, 4) is 0 Å². The standard InChI is InChI=1S/C18H22/c1-13-11-15-3-7-17(13)9-5-16-4-8-18(10-6-15)14(2)12-16/h3-4,7-8,11-13,17H,5-6,9-10H2,1-2H3. The smallest absolute Gasteiger partial charge is 0.0167 e. The highest BCUT2D eigenvalue weighted by Crippen LogP contribution is 2.30. The predicted molar refractivity (Wildman–Crippen MR) is 77.7 cm³/mol. The fourth-order valence-corrected chi connectivity index (χ4v) is 3.27. The molecule has 2 atom stereocenters. The summed E-state index contributed by atoms with van der Waals surface area (Å²) in [4.78, 5) is 0. The van der Waals surface area contributed by atoms with E-state index in [1.807, 2.05) is 0 Å². The van der Waals surface area contributed by atoms with Crippen molar-refractivity contribution in [1.29, 1.82) is 0 Å². The van der Waals surface area contributed by atoms with Crippen LogP contribution in [0.1, 0.15) is 36.5 Å². The van der Waals surface area contributed by atoms with Crippen LogP contribution in [-0.2, 0) is 12.8 Å². The molecule has 5 aliphatic rings. The SMILES string of the molecule is Cc1cc2ccc1CCC1=CC(C)C(C=C1)CC2. The van der Waals surface area contributed by atoms with Crippen molar-refractivity contribution in [1.82, 2.24) is 0 Å². The maximum absolute atomic E-state index is 2.49. The van der Waals surface area contributed by atoms with E-state index in [1.165, 1.54) is 47.9 Å². The summed E-state index contributed by atoms with van der Waals surface area (Å²) in [5.41, 5.74) is 6.03. The van der Waals surface area contributed by atoms with Crippen molar-refractivity contribution in [2.75, 3.05) is 0 Å². The van der Waals surface area contributed by atoms with Gasteiger partial charge in [-0.3, -0.25) is 0 Å². The molecule has 4 bridgehead atoms. The second-order valence-corrected chi connectivity index (χ2v) is 5.92. The zero-order chi connectivity index (χ0) is 12.5. The summed E-state index contributed by atoms with van der Waals surface area (Å²) in [6, 6.07) is 7.07. The quantitative estimate of drug-likeness (QED) is 0.618. The molecular weight excluding hydrogens is 216 g/mol. The molecule has 0 heterocycles. The first-order chi connectivity index (χ1) is 8.72. The molecule has 0 aliphatic heterocycles. The van der Waals surface area contributed by atoms with Crippen molar-refractivity contribution in [2.45, 2.75) is 39.5 Å². The molecule has 6 rings (SSSR count). The Balaban J connectivity index is 1.95. The molecule has 1 aromatic carbocycles. The minimum Gasteiger partial charge on any atom is -0.0806 e. The Morgan fingerprint density at radius 2 is 2.00 bits per heavy atom. The highest BCUT2D eigenvalue weighted by molar-refractivity contribution is 5.34. The van der Waals surface area contributed by atoms with Crippen LogP contribution >= 0.6 is 0 Å². The van der Waals surface area contributed by atoms with Gasteiger partial charge in [-0.25, -0.2) is 0 Å². The second kappa shape index (κ2) is 4.76. The molecule has 0 amide bonds. The monoisotopic (exact) mass is 238 g/mol. The normalized spacial score (nSPS) is 26.7. The van der Waals surface area contributed by atoms with Gasteiger partial charge in [-0.05, 0) is 61.1 Å². The van der Waals surface area contributed by atoms with Crippen LogP contribution in [0, 0.1) is 18.8 Å². The summed E-state index contributed by atoms with van der Waals surface area (Å²) in [5.74, 6) is 1.44. The Morgan fingerprint density at radius 1 is 1.11 bits per heavy atom. The molecule has 0 nitrogen and oxygen atoms in total. The average molecular weight is 238 g/mol. The zero-order valence-electron chi connectivity index (χ0n) is 11.4.